The van der Waals surface area contributed by atoms with Crippen LogP contribution in [0.2, 0.25) is 25.7 Å². The monoisotopic (exact) mass is 358 g/mol. The molecule has 2 atom stereocenters. The van der Waals surface area contributed by atoms with Crippen molar-refractivity contribution in [2.75, 3.05) is 19.7 Å². The molecule has 2 amide bonds. The number of hydrogen-bond acceptors (Lipinski definition) is 5. The van der Waals surface area contributed by atoms with E-state index < -0.39 is 37.8 Å². The van der Waals surface area contributed by atoms with Gasteiger partial charge in [-0.25, -0.2) is 9.59 Å². The number of nitrogens with zero attached hydrogens (tertiary/aromatic N) is 1. The minimum atomic E-state index is -1.27. The standard InChI is InChI=1S/C16H30N2O5Si/c1-16(2,3)23-15(21)18-9-12(11-19)13(10-18)17-14(20)22-7-8-24(4,5)6/h11-13H,7-10H2,1-6H3,(H,17,20). The highest BCUT2D eigenvalue weighted by Gasteiger charge is 2.38. The van der Waals surface area contributed by atoms with Crippen molar-refractivity contribution in [1.29, 1.82) is 0 Å². The van der Waals surface area contributed by atoms with E-state index in [0.29, 0.717) is 6.61 Å². The smallest absolute Gasteiger partial charge is 0.410 e. The summed E-state index contributed by atoms with van der Waals surface area (Å²) >= 11 is 0. The quantitative estimate of drug-likeness (QED) is 0.603. The Morgan fingerprint density at radius 3 is 2.38 bits per heavy atom. The van der Waals surface area contributed by atoms with Gasteiger partial charge in [-0.1, -0.05) is 19.6 Å². The number of nitrogens with one attached hydrogen (secondary N) is 1. The topological polar surface area (TPSA) is 84.9 Å². The second-order valence-electron chi connectivity index (χ2n) is 8.38. The van der Waals surface area contributed by atoms with E-state index in [1.54, 1.807) is 20.8 Å². The third kappa shape index (κ3) is 7.33. The molecule has 0 aromatic carbocycles. The van der Waals surface area contributed by atoms with Crippen LogP contribution in [0.4, 0.5) is 9.59 Å². The molecule has 0 aliphatic carbocycles. The molecule has 1 rings (SSSR count). The summed E-state index contributed by atoms with van der Waals surface area (Å²) in [7, 11) is -1.27. The minimum absolute atomic E-state index is 0.234. The summed E-state index contributed by atoms with van der Waals surface area (Å²) < 4.78 is 10.5. The third-order valence-corrected chi connectivity index (χ3v) is 5.28. The molecular weight excluding hydrogens is 328 g/mol. The zero-order chi connectivity index (χ0) is 18.5. The lowest BCUT2D eigenvalue weighted by atomic mass is 10.1. The Morgan fingerprint density at radius 1 is 1.25 bits per heavy atom. The van der Waals surface area contributed by atoms with Crippen LogP contribution in [-0.4, -0.2) is 62.8 Å². The Hall–Kier alpha value is -1.57. The predicted molar refractivity (Wildman–Crippen MR) is 93.8 cm³/mol. The molecule has 0 bridgehead atoms. The highest BCUT2D eigenvalue weighted by Crippen LogP contribution is 2.19. The molecule has 8 heteroatoms. The highest BCUT2D eigenvalue weighted by atomic mass is 28.3. The van der Waals surface area contributed by atoms with Crippen LogP contribution >= 0.6 is 0 Å². The van der Waals surface area contributed by atoms with E-state index in [1.807, 2.05) is 0 Å². The van der Waals surface area contributed by atoms with Gasteiger partial charge in [0.1, 0.15) is 11.9 Å². The second kappa shape index (κ2) is 8.00. The van der Waals surface area contributed by atoms with Gasteiger partial charge in [-0.15, -0.1) is 0 Å². The maximum absolute atomic E-state index is 12.1. The maximum atomic E-state index is 12.1. The lowest BCUT2D eigenvalue weighted by Crippen LogP contribution is -2.42. The van der Waals surface area contributed by atoms with Crippen molar-refractivity contribution in [3.05, 3.63) is 0 Å². The van der Waals surface area contributed by atoms with Gasteiger partial charge in [0.2, 0.25) is 0 Å². The van der Waals surface area contributed by atoms with Crippen LogP contribution < -0.4 is 5.32 Å². The molecule has 0 saturated carbocycles. The summed E-state index contributed by atoms with van der Waals surface area (Å²) in [6.07, 6.45) is -0.265. The van der Waals surface area contributed by atoms with Crippen molar-refractivity contribution in [2.24, 2.45) is 5.92 Å². The molecule has 1 aliphatic rings. The normalized spacial score (nSPS) is 21.3. The van der Waals surface area contributed by atoms with Gasteiger partial charge in [0.15, 0.2) is 0 Å². The number of aldehydes is 1. The molecule has 138 valence electrons. The van der Waals surface area contributed by atoms with E-state index in [-0.39, 0.29) is 13.1 Å². The molecule has 1 N–H and O–H groups in total. The van der Waals surface area contributed by atoms with Gasteiger partial charge in [0.25, 0.3) is 0 Å². The van der Waals surface area contributed by atoms with E-state index in [9.17, 15) is 14.4 Å². The van der Waals surface area contributed by atoms with Crippen LogP contribution in [0.15, 0.2) is 0 Å². The number of amides is 2. The third-order valence-electron chi connectivity index (χ3n) is 3.58. The van der Waals surface area contributed by atoms with Crippen LogP contribution in [0.25, 0.3) is 0 Å². The highest BCUT2D eigenvalue weighted by molar-refractivity contribution is 6.76. The van der Waals surface area contributed by atoms with Crippen LogP contribution in [0, 0.1) is 5.92 Å². The number of carbonyl (C=O) groups is 3. The SMILES string of the molecule is CC(C)(C)OC(=O)N1CC(C=O)C(NC(=O)OCC[Si](C)(C)C)C1. The van der Waals surface area contributed by atoms with Gasteiger partial charge in [-0.2, -0.15) is 0 Å². The van der Waals surface area contributed by atoms with Crippen LogP contribution in [0.3, 0.4) is 0 Å². The summed E-state index contributed by atoms with van der Waals surface area (Å²) in [5, 5.41) is 2.69. The largest absolute Gasteiger partial charge is 0.450 e. The van der Waals surface area contributed by atoms with Crippen molar-refractivity contribution < 1.29 is 23.9 Å². The van der Waals surface area contributed by atoms with Crippen LogP contribution in [-0.2, 0) is 14.3 Å². The van der Waals surface area contributed by atoms with Crippen molar-refractivity contribution in [3.8, 4) is 0 Å². The molecule has 24 heavy (non-hydrogen) atoms. The molecule has 1 aliphatic heterocycles. The molecule has 7 nitrogen and oxygen atoms in total. The molecule has 0 spiro atoms. The number of carbonyl (C=O) groups excluding carboxylic acids is 3. The van der Waals surface area contributed by atoms with E-state index in [1.165, 1.54) is 4.90 Å². The zero-order valence-corrected chi connectivity index (χ0v) is 16.5. The first-order chi connectivity index (χ1) is 10.9. The van der Waals surface area contributed by atoms with Crippen molar-refractivity contribution in [2.45, 2.75) is 58.1 Å². The van der Waals surface area contributed by atoms with Gasteiger partial charge in [-0.3, -0.25) is 0 Å². The summed E-state index contributed by atoms with van der Waals surface area (Å²) in [4.78, 5) is 36.6. The van der Waals surface area contributed by atoms with Gasteiger partial charge < -0.3 is 24.5 Å². The van der Waals surface area contributed by atoms with E-state index in [4.69, 9.17) is 9.47 Å². The molecule has 0 aromatic heterocycles. The Balaban J connectivity index is 2.51. The van der Waals surface area contributed by atoms with Gasteiger partial charge in [0.05, 0.1) is 18.6 Å². The first kappa shape index (κ1) is 20.5. The van der Waals surface area contributed by atoms with Gasteiger partial charge in [-0.05, 0) is 26.8 Å². The second-order valence-corrected chi connectivity index (χ2v) is 14.0. The van der Waals surface area contributed by atoms with Gasteiger partial charge >= 0.3 is 12.2 Å². The van der Waals surface area contributed by atoms with Crippen LogP contribution in [0.1, 0.15) is 20.8 Å². The summed E-state index contributed by atoms with van der Waals surface area (Å²) in [6.45, 7) is 12.8. The predicted octanol–water partition coefficient (Wildman–Crippen LogP) is 2.49. The first-order valence-corrected chi connectivity index (χ1v) is 12.0. The van der Waals surface area contributed by atoms with Crippen molar-refractivity contribution >= 4 is 26.5 Å². The fraction of sp³-hybridized carbons (Fsp3) is 0.812. The average molecular weight is 359 g/mol. The Kier molecular flexibility index (Phi) is 6.83. The lowest BCUT2D eigenvalue weighted by Gasteiger charge is -2.24. The number of likely N-dealkylation sites (tertiary alicyclic amines) is 1. The summed E-state index contributed by atoms with van der Waals surface area (Å²) in [5.41, 5.74) is -0.602. The first-order valence-electron chi connectivity index (χ1n) is 8.28. The van der Waals surface area contributed by atoms with Crippen LogP contribution in [0.5, 0.6) is 0 Å². The van der Waals surface area contributed by atoms with E-state index >= 15 is 0 Å². The summed E-state index contributed by atoms with van der Waals surface area (Å²) in [6, 6.07) is 0.432. The summed E-state index contributed by atoms with van der Waals surface area (Å²) in [5.74, 6) is -0.456. The fourth-order valence-electron chi connectivity index (χ4n) is 2.24. The lowest BCUT2D eigenvalue weighted by molar-refractivity contribution is -0.111. The average Bonchev–Trinajstić information content (AvgIpc) is 2.78. The number of hydrogen-bond donors (Lipinski definition) is 1. The fourth-order valence-corrected chi connectivity index (χ4v) is 2.95. The number of rotatable bonds is 5. The van der Waals surface area contributed by atoms with Crippen molar-refractivity contribution in [3.63, 3.8) is 0 Å². The Labute approximate surface area is 145 Å². The molecule has 1 heterocycles. The molecule has 2 unspecified atom stereocenters. The Bertz CT molecular complexity index is 470. The van der Waals surface area contributed by atoms with Crippen molar-refractivity contribution in [1.82, 2.24) is 10.2 Å². The van der Waals surface area contributed by atoms with E-state index in [2.05, 4.69) is 25.0 Å². The molecule has 0 radical (unpaired) electrons. The number of alkyl carbamates (subject to hydrolysis) is 1. The molecule has 1 saturated heterocycles. The number of ether oxygens (including phenoxy) is 2. The molecule has 1 fully saturated rings. The maximum Gasteiger partial charge on any atom is 0.410 e. The molecular formula is C16H30N2O5Si. The minimum Gasteiger partial charge on any atom is -0.450 e. The van der Waals surface area contributed by atoms with E-state index in [0.717, 1.165) is 12.3 Å². The van der Waals surface area contributed by atoms with Gasteiger partial charge in [0, 0.05) is 21.2 Å². The Morgan fingerprint density at radius 2 is 1.88 bits per heavy atom. The zero-order valence-electron chi connectivity index (χ0n) is 15.5. The molecule has 0 aromatic rings.